The highest BCUT2D eigenvalue weighted by molar-refractivity contribution is 7.11. The van der Waals surface area contributed by atoms with E-state index >= 15 is 0 Å². The molecule has 3 nitrogen and oxygen atoms in total. The fraction of sp³-hybridized carbons (Fsp3) is 0.333. The zero-order chi connectivity index (χ0) is 7.98. The minimum atomic E-state index is -0.458. The van der Waals surface area contributed by atoms with Crippen molar-refractivity contribution in [3.63, 3.8) is 0 Å². The highest BCUT2D eigenvalue weighted by atomic mass is 32.1. The molecule has 0 bridgehead atoms. The van der Waals surface area contributed by atoms with Crippen molar-refractivity contribution in [1.82, 2.24) is 4.98 Å². The SMILES string of the molecule is CC.NC(=O)c1nccs1.[HH]. The summed E-state index contributed by atoms with van der Waals surface area (Å²) >= 11 is 1.25. The molecule has 0 saturated heterocycles. The number of aromatic nitrogens is 1. The van der Waals surface area contributed by atoms with E-state index in [0.29, 0.717) is 5.01 Å². The van der Waals surface area contributed by atoms with Crippen LogP contribution in [-0.4, -0.2) is 10.9 Å². The van der Waals surface area contributed by atoms with Gasteiger partial charge in [-0.15, -0.1) is 11.3 Å². The summed E-state index contributed by atoms with van der Waals surface area (Å²) in [6.07, 6.45) is 1.55. The molecule has 1 heterocycles. The summed E-state index contributed by atoms with van der Waals surface area (Å²) < 4.78 is 0. The van der Waals surface area contributed by atoms with Crippen molar-refractivity contribution in [3.05, 3.63) is 16.6 Å². The lowest BCUT2D eigenvalue weighted by atomic mass is 10.7. The number of nitrogens with two attached hydrogens (primary N) is 1. The maximum absolute atomic E-state index is 10.2. The van der Waals surface area contributed by atoms with Gasteiger partial charge >= 0.3 is 0 Å². The molecule has 0 spiro atoms. The van der Waals surface area contributed by atoms with Crippen LogP contribution in [-0.2, 0) is 0 Å². The summed E-state index contributed by atoms with van der Waals surface area (Å²) in [5, 5.41) is 2.07. The molecule has 0 atom stereocenters. The summed E-state index contributed by atoms with van der Waals surface area (Å²) in [6, 6.07) is 0. The molecular weight excluding hydrogens is 148 g/mol. The molecule has 0 aromatic carbocycles. The third-order valence-electron chi connectivity index (χ3n) is 0.643. The van der Waals surface area contributed by atoms with E-state index in [1.54, 1.807) is 11.6 Å². The normalized spacial score (nSPS) is 7.80. The molecule has 0 aliphatic heterocycles. The standard InChI is InChI=1S/C4H4N2OS.C2H6.H2/c5-3(7)4-6-1-2-8-4;1-2;/h1-2H,(H2,5,7);1-2H3;1H. The number of carbonyl (C=O) groups is 1. The summed E-state index contributed by atoms with van der Waals surface area (Å²) in [6.45, 7) is 4.00. The fourth-order valence-corrected chi connectivity index (χ4v) is 0.834. The average molecular weight is 160 g/mol. The van der Waals surface area contributed by atoms with Gasteiger partial charge in [0, 0.05) is 13.0 Å². The maximum Gasteiger partial charge on any atom is 0.277 e. The van der Waals surface area contributed by atoms with Gasteiger partial charge in [0.1, 0.15) is 0 Å². The summed E-state index contributed by atoms with van der Waals surface area (Å²) in [7, 11) is 0. The van der Waals surface area contributed by atoms with Crippen LogP contribution < -0.4 is 5.73 Å². The molecule has 0 saturated carbocycles. The van der Waals surface area contributed by atoms with E-state index < -0.39 is 5.91 Å². The first-order valence-electron chi connectivity index (χ1n) is 3.00. The Bertz CT molecular complexity index is 188. The number of hydrogen-bond donors (Lipinski definition) is 1. The van der Waals surface area contributed by atoms with Crippen LogP contribution in [0.1, 0.15) is 25.1 Å². The molecule has 1 aromatic rings. The predicted molar refractivity (Wildman–Crippen MR) is 44.1 cm³/mol. The lowest BCUT2D eigenvalue weighted by Gasteiger charge is -1.78. The van der Waals surface area contributed by atoms with Crippen molar-refractivity contribution >= 4 is 17.2 Å². The van der Waals surface area contributed by atoms with Gasteiger partial charge in [-0.1, -0.05) is 13.8 Å². The van der Waals surface area contributed by atoms with Gasteiger partial charge < -0.3 is 5.73 Å². The van der Waals surface area contributed by atoms with Gasteiger partial charge in [-0.25, -0.2) is 4.98 Å². The Hall–Kier alpha value is -0.900. The quantitative estimate of drug-likeness (QED) is 0.677. The minimum absolute atomic E-state index is 0. The minimum Gasteiger partial charge on any atom is -0.364 e. The molecular formula is C6H12N2OS. The summed E-state index contributed by atoms with van der Waals surface area (Å²) in [5.74, 6) is -0.458. The van der Waals surface area contributed by atoms with E-state index in [-0.39, 0.29) is 1.43 Å². The number of amides is 1. The van der Waals surface area contributed by atoms with Crippen molar-refractivity contribution in [2.24, 2.45) is 5.73 Å². The molecule has 0 unspecified atom stereocenters. The monoisotopic (exact) mass is 160 g/mol. The van der Waals surface area contributed by atoms with Crippen molar-refractivity contribution < 1.29 is 6.22 Å². The van der Waals surface area contributed by atoms with Gasteiger partial charge in [0.25, 0.3) is 5.91 Å². The Morgan fingerprint density at radius 2 is 2.40 bits per heavy atom. The van der Waals surface area contributed by atoms with Crippen LogP contribution in [0.15, 0.2) is 11.6 Å². The molecule has 4 heteroatoms. The first-order chi connectivity index (χ1) is 4.80. The Kier molecular flexibility index (Phi) is 4.49. The predicted octanol–water partition coefficient (Wildman–Crippen LogP) is 1.51. The number of primary amides is 1. The lowest BCUT2D eigenvalue weighted by molar-refractivity contribution is 0.1000. The molecule has 0 aliphatic carbocycles. The molecule has 0 fully saturated rings. The number of rotatable bonds is 1. The van der Waals surface area contributed by atoms with Gasteiger partial charge in [-0.2, -0.15) is 0 Å². The van der Waals surface area contributed by atoms with Gasteiger partial charge in [0.15, 0.2) is 5.01 Å². The van der Waals surface area contributed by atoms with Gasteiger partial charge in [0.05, 0.1) is 0 Å². The van der Waals surface area contributed by atoms with Crippen LogP contribution in [0.3, 0.4) is 0 Å². The fourth-order valence-electron chi connectivity index (χ4n) is 0.345. The largest absolute Gasteiger partial charge is 0.364 e. The molecule has 1 amide bonds. The van der Waals surface area contributed by atoms with Crippen LogP contribution in [0.4, 0.5) is 0 Å². The van der Waals surface area contributed by atoms with Crippen LogP contribution in [0.2, 0.25) is 0 Å². The first kappa shape index (κ1) is 9.10. The number of thiazole rings is 1. The molecule has 10 heavy (non-hydrogen) atoms. The third-order valence-corrected chi connectivity index (χ3v) is 1.43. The summed E-state index contributed by atoms with van der Waals surface area (Å²) in [4.78, 5) is 13.9. The second-order valence-corrected chi connectivity index (χ2v) is 2.10. The Labute approximate surface area is 65.4 Å². The Balaban J connectivity index is 0. The highest BCUT2D eigenvalue weighted by Gasteiger charge is 1.98. The Morgan fingerprint density at radius 1 is 1.80 bits per heavy atom. The molecule has 0 aliphatic rings. The number of nitrogens with zero attached hydrogens (tertiary/aromatic N) is 1. The van der Waals surface area contributed by atoms with E-state index in [2.05, 4.69) is 4.98 Å². The van der Waals surface area contributed by atoms with Gasteiger partial charge in [-0.3, -0.25) is 4.79 Å². The van der Waals surface area contributed by atoms with E-state index in [9.17, 15) is 4.79 Å². The zero-order valence-electron chi connectivity index (χ0n) is 6.00. The average Bonchev–Trinajstić information content (AvgIpc) is 2.42. The van der Waals surface area contributed by atoms with Gasteiger partial charge in [0.2, 0.25) is 0 Å². The molecule has 1 aromatic heterocycles. The molecule has 1 rings (SSSR count). The van der Waals surface area contributed by atoms with Crippen molar-refractivity contribution in [1.29, 1.82) is 0 Å². The molecule has 58 valence electrons. The van der Waals surface area contributed by atoms with Crippen molar-refractivity contribution in [2.45, 2.75) is 13.8 Å². The second-order valence-electron chi connectivity index (χ2n) is 1.20. The second kappa shape index (κ2) is 4.93. The lowest BCUT2D eigenvalue weighted by Crippen LogP contribution is -2.09. The van der Waals surface area contributed by atoms with E-state index in [0.717, 1.165) is 0 Å². The zero-order valence-corrected chi connectivity index (χ0v) is 6.81. The highest BCUT2D eigenvalue weighted by Crippen LogP contribution is 2.00. The molecule has 0 radical (unpaired) electrons. The van der Waals surface area contributed by atoms with Crippen molar-refractivity contribution in [3.8, 4) is 0 Å². The first-order valence-corrected chi connectivity index (χ1v) is 3.88. The smallest absolute Gasteiger partial charge is 0.277 e. The van der Waals surface area contributed by atoms with E-state index in [4.69, 9.17) is 5.73 Å². The van der Waals surface area contributed by atoms with Crippen LogP contribution in [0, 0.1) is 0 Å². The van der Waals surface area contributed by atoms with E-state index in [1.165, 1.54) is 11.3 Å². The van der Waals surface area contributed by atoms with E-state index in [1.807, 2.05) is 13.8 Å². The number of carbonyl (C=O) groups excluding carboxylic acids is 1. The Morgan fingerprint density at radius 3 is 2.60 bits per heavy atom. The van der Waals surface area contributed by atoms with Crippen molar-refractivity contribution in [2.75, 3.05) is 0 Å². The van der Waals surface area contributed by atoms with Gasteiger partial charge in [-0.05, 0) is 0 Å². The van der Waals surface area contributed by atoms with Crippen LogP contribution >= 0.6 is 11.3 Å². The maximum atomic E-state index is 10.2. The summed E-state index contributed by atoms with van der Waals surface area (Å²) in [5.41, 5.74) is 4.87. The topological polar surface area (TPSA) is 56.0 Å². The van der Waals surface area contributed by atoms with Crippen LogP contribution in [0.5, 0.6) is 0 Å². The van der Waals surface area contributed by atoms with Crippen LogP contribution in [0.25, 0.3) is 0 Å². The third kappa shape index (κ3) is 2.59. The number of hydrogen-bond acceptors (Lipinski definition) is 3. The molecule has 2 N–H and O–H groups in total.